The Morgan fingerprint density at radius 1 is 1.54 bits per heavy atom. The first-order chi connectivity index (χ1) is 6.18. The van der Waals surface area contributed by atoms with Crippen LogP contribution >= 0.6 is 0 Å². The minimum Gasteiger partial charge on any atom is -0.265 e. The number of rotatable bonds is 1. The van der Waals surface area contributed by atoms with E-state index in [0.29, 0.717) is 11.8 Å². The van der Waals surface area contributed by atoms with Crippen molar-refractivity contribution in [2.75, 3.05) is 0 Å². The molecule has 70 valence electrons. The minimum atomic E-state index is 0.632. The van der Waals surface area contributed by atoms with Gasteiger partial charge in [0.15, 0.2) is 0 Å². The van der Waals surface area contributed by atoms with E-state index in [0.717, 1.165) is 6.54 Å². The topological polar surface area (TPSA) is 17.8 Å². The Labute approximate surface area is 79.3 Å². The lowest BCUT2D eigenvalue weighted by Gasteiger charge is -2.24. The van der Waals surface area contributed by atoms with Gasteiger partial charge in [0.25, 0.3) is 0 Å². The molecular formula is C11H16N2. The standard InChI is InChI=1S/C11H16N2/c1-8(2)11-6-10-4-5-12-13(10)7-9(11)3/h4-6,8-9H,7H2,1-3H3. The number of fused-ring (bicyclic) bond motifs is 1. The molecule has 2 heterocycles. The molecule has 0 amide bonds. The van der Waals surface area contributed by atoms with Gasteiger partial charge in [-0.3, -0.25) is 4.68 Å². The van der Waals surface area contributed by atoms with Gasteiger partial charge in [-0.25, -0.2) is 0 Å². The third-order valence-corrected chi connectivity index (χ3v) is 2.75. The number of hydrogen-bond donors (Lipinski definition) is 0. The fourth-order valence-corrected chi connectivity index (χ4v) is 2.03. The van der Waals surface area contributed by atoms with Gasteiger partial charge in [0.05, 0.1) is 5.69 Å². The molecule has 0 aromatic carbocycles. The lowest BCUT2D eigenvalue weighted by Crippen LogP contribution is -2.19. The Bertz CT molecular complexity index is 334. The second-order valence-corrected chi connectivity index (χ2v) is 4.14. The van der Waals surface area contributed by atoms with Gasteiger partial charge in [-0.2, -0.15) is 5.10 Å². The zero-order valence-corrected chi connectivity index (χ0v) is 8.49. The molecule has 0 bridgehead atoms. The summed E-state index contributed by atoms with van der Waals surface area (Å²) >= 11 is 0. The van der Waals surface area contributed by atoms with Crippen molar-refractivity contribution in [1.82, 2.24) is 9.78 Å². The molecule has 2 heteroatoms. The van der Waals surface area contributed by atoms with E-state index in [1.165, 1.54) is 5.69 Å². The maximum atomic E-state index is 4.27. The molecule has 1 aliphatic heterocycles. The molecule has 1 atom stereocenters. The molecular weight excluding hydrogens is 160 g/mol. The van der Waals surface area contributed by atoms with Crippen molar-refractivity contribution < 1.29 is 0 Å². The summed E-state index contributed by atoms with van der Waals surface area (Å²) in [7, 11) is 0. The van der Waals surface area contributed by atoms with E-state index in [2.05, 4.69) is 42.7 Å². The van der Waals surface area contributed by atoms with E-state index in [1.54, 1.807) is 5.57 Å². The van der Waals surface area contributed by atoms with Crippen LogP contribution in [0.25, 0.3) is 6.08 Å². The summed E-state index contributed by atoms with van der Waals surface area (Å²) in [5, 5.41) is 4.27. The number of hydrogen-bond acceptors (Lipinski definition) is 1. The van der Waals surface area contributed by atoms with Crippen LogP contribution < -0.4 is 0 Å². The van der Waals surface area contributed by atoms with Gasteiger partial charge in [0.2, 0.25) is 0 Å². The summed E-state index contributed by atoms with van der Waals surface area (Å²) < 4.78 is 2.08. The quantitative estimate of drug-likeness (QED) is 0.643. The third-order valence-electron chi connectivity index (χ3n) is 2.75. The van der Waals surface area contributed by atoms with Crippen molar-refractivity contribution >= 4 is 6.08 Å². The summed E-state index contributed by atoms with van der Waals surface area (Å²) in [5.41, 5.74) is 2.80. The first-order valence-corrected chi connectivity index (χ1v) is 4.92. The number of allylic oxidation sites excluding steroid dienone is 1. The van der Waals surface area contributed by atoms with E-state index >= 15 is 0 Å². The molecule has 1 aliphatic rings. The highest BCUT2D eigenvalue weighted by Gasteiger charge is 2.19. The van der Waals surface area contributed by atoms with Gasteiger partial charge in [-0.15, -0.1) is 0 Å². The summed E-state index contributed by atoms with van der Waals surface area (Å²) in [4.78, 5) is 0. The minimum absolute atomic E-state index is 0.632. The van der Waals surface area contributed by atoms with Crippen LogP contribution in [-0.4, -0.2) is 9.78 Å². The molecule has 1 aromatic rings. The molecule has 0 radical (unpaired) electrons. The predicted molar refractivity (Wildman–Crippen MR) is 54.2 cm³/mol. The highest BCUT2D eigenvalue weighted by molar-refractivity contribution is 5.51. The third kappa shape index (κ3) is 1.41. The van der Waals surface area contributed by atoms with Crippen molar-refractivity contribution in [2.24, 2.45) is 11.8 Å². The number of nitrogens with zero attached hydrogens (tertiary/aromatic N) is 2. The smallest absolute Gasteiger partial charge is 0.0609 e. The fraction of sp³-hybridized carbons (Fsp3) is 0.545. The van der Waals surface area contributed by atoms with Gasteiger partial charge in [-0.1, -0.05) is 26.3 Å². The summed E-state index contributed by atoms with van der Waals surface area (Å²) in [5.74, 6) is 1.28. The van der Waals surface area contributed by atoms with Crippen LogP contribution in [0.2, 0.25) is 0 Å². The van der Waals surface area contributed by atoms with Crippen LogP contribution in [0.15, 0.2) is 17.8 Å². The Morgan fingerprint density at radius 3 is 3.00 bits per heavy atom. The largest absolute Gasteiger partial charge is 0.265 e. The second-order valence-electron chi connectivity index (χ2n) is 4.14. The van der Waals surface area contributed by atoms with Crippen molar-refractivity contribution in [1.29, 1.82) is 0 Å². The van der Waals surface area contributed by atoms with E-state index in [1.807, 2.05) is 6.20 Å². The van der Waals surface area contributed by atoms with E-state index < -0.39 is 0 Å². The van der Waals surface area contributed by atoms with Crippen molar-refractivity contribution in [2.45, 2.75) is 27.3 Å². The first kappa shape index (κ1) is 8.54. The molecule has 0 saturated carbocycles. The fourth-order valence-electron chi connectivity index (χ4n) is 2.03. The van der Waals surface area contributed by atoms with Crippen molar-refractivity contribution in [3.05, 3.63) is 23.5 Å². The van der Waals surface area contributed by atoms with Crippen molar-refractivity contribution in [3.63, 3.8) is 0 Å². The van der Waals surface area contributed by atoms with E-state index in [9.17, 15) is 0 Å². The second kappa shape index (κ2) is 3.02. The molecule has 0 fully saturated rings. The van der Waals surface area contributed by atoms with Crippen LogP contribution in [-0.2, 0) is 6.54 Å². The van der Waals surface area contributed by atoms with Gasteiger partial charge in [0.1, 0.15) is 0 Å². The maximum absolute atomic E-state index is 4.27. The SMILES string of the molecule is CC(C)C1=Cc2ccnn2CC1C. The van der Waals surface area contributed by atoms with Crippen LogP contribution in [0.5, 0.6) is 0 Å². The molecule has 0 N–H and O–H groups in total. The van der Waals surface area contributed by atoms with Gasteiger partial charge < -0.3 is 0 Å². The van der Waals surface area contributed by atoms with Crippen LogP contribution in [0.1, 0.15) is 26.5 Å². The normalized spacial score (nSPS) is 21.5. The zero-order chi connectivity index (χ0) is 9.42. The summed E-state index contributed by atoms with van der Waals surface area (Å²) in [6.07, 6.45) is 4.16. The van der Waals surface area contributed by atoms with Crippen LogP contribution in [0.4, 0.5) is 0 Å². The molecule has 0 spiro atoms. The zero-order valence-electron chi connectivity index (χ0n) is 8.49. The summed E-state index contributed by atoms with van der Waals surface area (Å²) in [6.45, 7) is 7.82. The lowest BCUT2D eigenvalue weighted by atomic mass is 9.88. The van der Waals surface area contributed by atoms with Gasteiger partial charge >= 0.3 is 0 Å². The van der Waals surface area contributed by atoms with Crippen molar-refractivity contribution in [3.8, 4) is 0 Å². The van der Waals surface area contributed by atoms with Gasteiger partial charge in [-0.05, 0) is 24.0 Å². The predicted octanol–water partition coefficient (Wildman–Crippen LogP) is 2.57. The Hall–Kier alpha value is -1.05. The highest BCUT2D eigenvalue weighted by Crippen LogP contribution is 2.28. The molecule has 1 unspecified atom stereocenters. The average molecular weight is 176 g/mol. The summed E-state index contributed by atoms with van der Waals surface area (Å²) in [6, 6.07) is 2.08. The van der Waals surface area contributed by atoms with Crippen LogP contribution in [0.3, 0.4) is 0 Å². The molecule has 13 heavy (non-hydrogen) atoms. The van der Waals surface area contributed by atoms with E-state index in [-0.39, 0.29) is 0 Å². The maximum Gasteiger partial charge on any atom is 0.0609 e. The Balaban J connectivity index is 2.40. The molecule has 2 nitrogen and oxygen atoms in total. The highest BCUT2D eigenvalue weighted by atomic mass is 15.3. The molecule has 1 aromatic heterocycles. The number of aromatic nitrogens is 2. The van der Waals surface area contributed by atoms with Crippen LogP contribution in [0, 0.1) is 11.8 Å². The molecule has 0 saturated heterocycles. The van der Waals surface area contributed by atoms with E-state index in [4.69, 9.17) is 0 Å². The molecule has 2 rings (SSSR count). The van der Waals surface area contributed by atoms with Gasteiger partial charge in [0, 0.05) is 12.7 Å². The molecule has 0 aliphatic carbocycles. The monoisotopic (exact) mass is 176 g/mol. The lowest BCUT2D eigenvalue weighted by molar-refractivity contribution is 0.456. The average Bonchev–Trinajstić information content (AvgIpc) is 2.48. The first-order valence-electron chi connectivity index (χ1n) is 4.92. The Morgan fingerprint density at radius 2 is 2.31 bits per heavy atom. The Kier molecular flexibility index (Phi) is 1.98.